The topological polar surface area (TPSA) is 63.0 Å². The molecule has 1 fully saturated rings. The van der Waals surface area contributed by atoms with E-state index in [0.717, 1.165) is 56.0 Å². The Morgan fingerprint density at radius 3 is 2.12 bits per heavy atom. The molecule has 0 bridgehead atoms. The van der Waals surface area contributed by atoms with Crippen LogP contribution in [0.3, 0.4) is 0 Å². The summed E-state index contributed by atoms with van der Waals surface area (Å²) in [7, 11) is 0. The van der Waals surface area contributed by atoms with Gasteiger partial charge in [-0.25, -0.2) is 4.68 Å². The van der Waals surface area contributed by atoms with E-state index in [9.17, 15) is 9.59 Å². The standard InChI is InChI=1S/C28H32N4O2/c1-20-25-26(21(2)32(20)24-11-7-4-8-12-24)28(34)31(29-27(25)33)18-17-30-15-13-23(14-16-30)19-22-9-5-3-6-10-22/h3-12,23H,13-19H2,1-2H3,(H,29,33). The predicted molar refractivity (Wildman–Crippen MR) is 137 cm³/mol. The summed E-state index contributed by atoms with van der Waals surface area (Å²) in [6.07, 6.45) is 3.46. The molecule has 0 aliphatic carbocycles. The van der Waals surface area contributed by atoms with Gasteiger partial charge in [0.2, 0.25) is 0 Å². The summed E-state index contributed by atoms with van der Waals surface area (Å²) in [6.45, 7) is 7.13. The Hall–Kier alpha value is -3.38. The molecule has 2 aromatic carbocycles. The molecular weight excluding hydrogens is 424 g/mol. The van der Waals surface area contributed by atoms with E-state index < -0.39 is 0 Å². The van der Waals surface area contributed by atoms with Crippen molar-refractivity contribution in [2.45, 2.75) is 39.7 Å². The summed E-state index contributed by atoms with van der Waals surface area (Å²) < 4.78 is 3.51. The van der Waals surface area contributed by atoms with Gasteiger partial charge in [0.05, 0.1) is 17.3 Å². The first kappa shape index (κ1) is 22.4. The summed E-state index contributed by atoms with van der Waals surface area (Å²) in [5.74, 6) is 0.709. The molecule has 4 aromatic rings. The molecule has 2 aromatic heterocycles. The Morgan fingerprint density at radius 1 is 0.824 bits per heavy atom. The Bertz CT molecular complexity index is 1390. The van der Waals surface area contributed by atoms with Crippen molar-refractivity contribution in [2.24, 2.45) is 5.92 Å². The molecule has 0 atom stereocenters. The van der Waals surface area contributed by atoms with Crippen LogP contribution in [0.2, 0.25) is 0 Å². The van der Waals surface area contributed by atoms with Gasteiger partial charge >= 0.3 is 0 Å². The molecule has 1 saturated heterocycles. The predicted octanol–water partition coefficient (Wildman–Crippen LogP) is 4.05. The van der Waals surface area contributed by atoms with Crippen molar-refractivity contribution in [1.29, 1.82) is 0 Å². The molecule has 3 heterocycles. The summed E-state index contributed by atoms with van der Waals surface area (Å²) in [6, 6.07) is 20.6. The minimum absolute atomic E-state index is 0.121. The van der Waals surface area contributed by atoms with E-state index in [-0.39, 0.29) is 11.1 Å². The van der Waals surface area contributed by atoms with Gasteiger partial charge in [0.15, 0.2) is 0 Å². The molecule has 0 saturated carbocycles. The van der Waals surface area contributed by atoms with Crippen LogP contribution in [0.15, 0.2) is 70.3 Å². The van der Waals surface area contributed by atoms with Crippen molar-refractivity contribution in [3.63, 3.8) is 0 Å². The van der Waals surface area contributed by atoms with Crippen LogP contribution in [0, 0.1) is 19.8 Å². The van der Waals surface area contributed by atoms with Gasteiger partial charge in [-0.15, -0.1) is 0 Å². The lowest BCUT2D eigenvalue weighted by Crippen LogP contribution is -2.39. The van der Waals surface area contributed by atoms with Crippen LogP contribution in [0.25, 0.3) is 16.5 Å². The number of nitrogens with one attached hydrogen (secondary N) is 1. The second kappa shape index (κ2) is 9.47. The number of aromatic amines is 1. The molecule has 6 heteroatoms. The molecule has 34 heavy (non-hydrogen) atoms. The van der Waals surface area contributed by atoms with Gasteiger partial charge in [-0.3, -0.25) is 14.7 Å². The zero-order chi connectivity index (χ0) is 23.7. The third-order valence-corrected chi connectivity index (χ3v) is 7.30. The number of nitrogens with zero attached hydrogens (tertiary/aromatic N) is 3. The van der Waals surface area contributed by atoms with Crippen molar-refractivity contribution < 1.29 is 0 Å². The van der Waals surface area contributed by atoms with Crippen molar-refractivity contribution in [2.75, 3.05) is 19.6 Å². The van der Waals surface area contributed by atoms with Crippen LogP contribution in [-0.4, -0.2) is 38.9 Å². The molecule has 176 valence electrons. The monoisotopic (exact) mass is 456 g/mol. The minimum Gasteiger partial charge on any atom is -0.317 e. The highest BCUT2D eigenvalue weighted by Crippen LogP contribution is 2.24. The fourth-order valence-electron chi connectivity index (χ4n) is 5.47. The van der Waals surface area contributed by atoms with Gasteiger partial charge in [-0.1, -0.05) is 48.5 Å². The number of likely N-dealkylation sites (tertiary alicyclic amines) is 1. The van der Waals surface area contributed by atoms with Crippen molar-refractivity contribution in [3.8, 4) is 5.69 Å². The second-order valence-corrected chi connectivity index (χ2v) is 9.46. The fourth-order valence-corrected chi connectivity index (χ4v) is 5.47. The van der Waals surface area contributed by atoms with Gasteiger partial charge in [-0.05, 0) is 69.8 Å². The lowest BCUT2D eigenvalue weighted by atomic mass is 9.90. The largest absolute Gasteiger partial charge is 0.317 e. The van der Waals surface area contributed by atoms with Crippen LogP contribution in [0.1, 0.15) is 29.8 Å². The van der Waals surface area contributed by atoms with Gasteiger partial charge in [0.25, 0.3) is 11.1 Å². The average molecular weight is 457 g/mol. The first-order valence-corrected chi connectivity index (χ1v) is 12.2. The van der Waals surface area contributed by atoms with Gasteiger partial charge in [-0.2, -0.15) is 0 Å². The SMILES string of the molecule is Cc1c2c(=O)[nH]n(CCN3CCC(Cc4ccccc4)CC3)c(=O)c2c(C)n1-c1ccccc1. The number of fused-ring (bicyclic) bond motifs is 1. The van der Waals surface area contributed by atoms with Crippen LogP contribution < -0.4 is 11.1 Å². The third-order valence-electron chi connectivity index (χ3n) is 7.30. The highest BCUT2D eigenvalue weighted by Gasteiger charge is 2.22. The number of aromatic nitrogens is 3. The third kappa shape index (κ3) is 4.26. The smallest absolute Gasteiger partial charge is 0.274 e. The van der Waals surface area contributed by atoms with E-state index in [1.54, 1.807) is 0 Å². The molecular formula is C28H32N4O2. The maximum absolute atomic E-state index is 13.4. The second-order valence-electron chi connectivity index (χ2n) is 9.46. The Morgan fingerprint density at radius 2 is 1.44 bits per heavy atom. The first-order valence-electron chi connectivity index (χ1n) is 12.2. The zero-order valence-electron chi connectivity index (χ0n) is 20.0. The molecule has 0 spiro atoms. The van der Waals surface area contributed by atoms with E-state index >= 15 is 0 Å². The molecule has 1 aliphatic heterocycles. The molecule has 1 N–H and O–H groups in total. The normalized spacial score (nSPS) is 15.2. The molecule has 6 nitrogen and oxygen atoms in total. The average Bonchev–Trinajstić information content (AvgIpc) is 3.13. The van der Waals surface area contributed by atoms with Gasteiger partial charge < -0.3 is 9.47 Å². The highest BCUT2D eigenvalue weighted by molar-refractivity contribution is 5.87. The molecule has 1 aliphatic rings. The Kier molecular flexibility index (Phi) is 6.24. The van der Waals surface area contributed by atoms with Gasteiger partial charge in [0.1, 0.15) is 0 Å². The number of rotatable bonds is 6. The molecule has 0 amide bonds. The van der Waals surface area contributed by atoms with Crippen LogP contribution in [-0.2, 0) is 13.0 Å². The maximum Gasteiger partial charge on any atom is 0.274 e. The van der Waals surface area contributed by atoms with E-state index in [1.165, 1.54) is 10.2 Å². The number of aryl methyl sites for hydroxylation is 2. The van der Waals surface area contributed by atoms with Crippen molar-refractivity contribution >= 4 is 10.8 Å². The van der Waals surface area contributed by atoms with E-state index in [1.807, 2.05) is 48.7 Å². The number of hydrogen-bond donors (Lipinski definition) is 1. The van der Waals surface area contributed by atoms with E-state index in [0.29, 0.717) is 23.2 Å². The highest BCUT2D eigenvalue weighted by atomic mass is 16.2. The molecule has 0 radical (unpaired) electrons. The minimum atomic E-state index is -0.202. The summed E-state index contributed by atoms with van der Waals surface area (Å²) in [4.78, 5) is 28.8. The molecule has 5 rings (SSSR count). The summed E-state index contributed by atoms with van der Waals surface area (Å²) >= 11 is 0. The van der Waals surface area contributed by atoms with Crippen LogP contribution in [0.5, 0.6) is 0 Å². The number of piperidine rings is 1. The van der Waals surface area contributed by atoms with E-state index in [4.69, 9.17) is 0 Å². The summed E-state index contributed by atoms with van der Waals surface area (Å²) in [5, 5.41) is 3.85. The zero-order valence-corrected chi connectivity index (χ0v) is 20.0. The summed E-state index contributed by atoms with van der Waals surface area (Å²) in [5.41, 5.74) is 3.65. The first-order chi connectivity index (χ1) is 16.5. The van der Waals surface area contributed by atoms with Crippen molar-refractivity contribution in [3.05, 3.63) is 98.3 Å². The van der Waals surface area contributed by atoms with Crippen LogP contribution >= 0.6 is 0 Å². The number of hydrogen-bond acceptors (Lipinski definition) is 3. The number of benzene rings is 2. The Balaban J connectivity index is 1.31. The number of H-pyrrole nitrogens is 1. The van der Waals surface area contributed by atoms with Gasteiger partial charge in [0, 0.05) is 23.6 Å². The Labute approximate surface area is 199 Å². The quantitative estimate of drug-likeness (QED) is 0.476. The lowest BCUT2D eigenvalue weighted by molar-refractivity contribution is 0.176. The lowest BCUT2D eigenvalue weighted by Gasteiger charge is -2.32. The number of para-hydroxylation sites is 1. The van der Waals surface area contributed by atoms with Crippen molar-refractivity contribution in [1.82, 2.24) is 19.2 Å². The van der Waals surface area contributed by atoms with E-state index in [2.05, 4.69) is 40.3 Å². The van der Waals surface area contributed by atoms with Crippen LogP contribution in [0.4, 0.5) is 0 Å². The fraction of sp³-hybridized carbons (Fsp3) is 0.357. The maximum atomic E-state index is 13.4. The molecule has 0 unspecified atom stereocenters.